The molecule has 3 heteroatoms. The first-order valence-electron chi connectivity index (χ1n) is 14.6. The Balaban J connectivity index is 1.47. The number of rotatable bonds is 2. The van der Waals surface area contributed by atoms with Crippen molar-refractivity contribution >= 4 is 53.9 Å². The zero-order chi connectivity index (χ0) is 29.5. The van der Waals surface area contributed by atoms with Gasteiger partial charge in [0.15, 0.2) is 5.82 Å². The number of aromatic nitrogens is 2. The van der Waals surface area contributed by atoms with Gasteiger partial charge in [0.25, 0.3) is 0 Å². The highest BCUT2D eigenvalue weighted by Crippen LogP contribution is 2.36. The SMILES string of the molecule is N#Cc1ccc(-c2cnc(-c3ccc4c5ccccc5c5ccccc5c5ccccc5c5ccccc5c4c3)nc2)cc1. The van der Waals surface area contributed by atoms with E-state index in [-0.39, 0.29) is 0 Å². The third-order valence-corrected chi connectivity index (χ3v) is 8.44. The first-order chi connectivity index (χ1) is 21.8. The van der Waals surface area contributed by atoms with Crippen molar-refractivity contribution in [3.63, 3.8) is 0 Å². The molecule has 0 unspecified atom stereocenters. The fourth-order valence-corrected chi connectivity index (χ4v) is 6.32. The number of nitriles is 1. The van der Waals surface area contributed by atoms with E-state index < -0.39 is 0 Å². The molecule has 0 N–H and O–H groups in total. The topological polar surface area (TPSA) is 49.6 Å². The van der Waals surface area contributed by atoms with Crippen LogP contribution in [0, 0.1) is 11.3 Å². The van der Waals surface area contributed by atoms with E-state index >= 15 is 0 Å². The van der Waals surface area contributed by atoms with Gasteiger partial charge in [-0.15, -0.1) is 0 Å². The minimum absolute atomic E-state index is 0.631. The standard InChI is InChI=1S/C41H25N3/c42-24-27-17-19-28(20-18-27)30-25-43-41(44-26-30)29-21-22-39-37-15-6-5-13-35(37)33-11-2-1-9-31(33)32-10-3-4-12-34(32)36-14-7-8-16-38(36)40(39)23-29/h1-23,25-26H. The second-order valence-corrected chi connectivity index (χ2v) is 10.9. The molecule has 8 aromatic rings. The fourth-order valence-electron chi connectivity index (χ4n) is 6.32. The van der Waals surface area contributed by atoms with Gasteiger partial charge in [-0.05, 0) is 77.6 Å². The average molecular weight is 560 g/mol. The van der Waals surface area contributed by atoms with Crippen molar-refractivity contribution < 1.29 is 0 Å². The van der Waals surface area contributed by atoms with Gasteiger partial charge in [-0.3, -0.25) is 0 Å². The molecule has 1 heterocycles. The minimum atomic E-state index is 0.631. The lowest BCUT2D eigenvalue weighted by molar-refractivity contribution is 1.18. The first kappa shape index (κ1) is 25.6. The van der Waals surface area contributed by atoms with Crippen LogP contribution in [0.5, 0.6) is 0 Å². The molecule has 8 rings (SSSR count). The Bertz CT molecular complexity index is 2410. The van der Waals surface area contributed by atoms with E-state index in [2.05, 4.69) is 121 Å². The van der Waals surface area contributed by atoms with Crippen LogP contribution in [-0.2, 0) is 0 Å². The molecule has 0 amide bonds. The van der Waals surface area contributed by atoms with Crippen molar-refractivity contribution in [2.24, 2.45) is 0 Å². The number of fused-ring (bicyclic) bond motifs is 10. The minimum Gasteiger partial charge on any atom is -0.236 e. The molecule has 0 spiro atoms. The lowest BCUT2D eigenvalue weighted by Crippen LogP contribution is -1.90. The number of nitrogens with zero attached hydrogens (tertiary/aromatic N) is 3. The number of hydrogen-bond donors (Lipinski definition) is 0. The molecule has 0 aliphatic heterocycles. The Kier molecular flexibility index (Phi) is 6.18. The van der Waals surface area contributed by atoms with Gasteiger partial charge >= 0.3 is 0 Å². The van der Waals surface area contributed by atoms with Gasteiger partial charge in [0.05, 0.1) is 11.6 Å². The molecular formula is C41H25N3. The molecule has 0 aliphatic rings. The maximum atomic E-state index is 9.14. The van der Waals surface area contributed by atoms with Crippen LogP contribution in [0.4, 0.5) is 0 Å². The number of hydrogen-bond acceptors (Lipinski definition) is 3. The Morgan fingerprint density at radius 3 is 1.14 bits per heavy atom. The summed E-state index contributed by atoms with van der Waals surface area (Å²) < 4.78 is 0. The first-order valence-corrected chi connectivity index (χ1v) is 14.6. The van der Waals surface area contributed by atoms with Gasteiger partial charge in [0.2, 0.25) is 0 Å². The lowest BCUT2D eigenvalue weighted by atomic mass is 9.94. The Morgan fingerprint density at radius 2 is 0.727 bits per heavy atom. The summed E-state index contributed by atoms with van der Waals surface area (Å²) in [6, 6.07) is 51.0. The van der Waals surface area contributed by atoms with E-state index in [1.54, 1.807) is 0 Å². The molecular weight excluding hydrogens is 534 g/mol. The molecule has 44 heavy (non-hydrogen) atoms. The second-order valence-electron chi connectivity index (χ2n) is 10.9. The van der Waals surface area contributed by atoms with Gasteiger partial charge in [0, 0.05) is 23.5 Å². The van der Waals surface area contributed by atoms with Crippen LogP contribution in [0.25, 0.3) is 76.4 Å². The zero-order valence-electron chi connectivity index (χ0n) is 23.8. The van der Waals surface area contributed by atoms with Gasteiger partial charge in [0.1, 0.15) is 0 Å². The summed E-state index contributed by atoms with van der Waals surface area (Å²) in [5.74, 6) is 0.666. The molecule has 3 nitrogen and oxygen atoms in total. The van der Waals surface area contributed by atoms with Crippen LogP contribution in [-0.4, -0.2) is 9.97 Å². The molecule has 7 aromatic carbocycles. The van der Waals surface area contributed by atoms with Crippen molar-refractivity contribution in [2.45, 2.75) is 0 Å². The Hall–Kier alpha value is -6.11. The molecule has 1 aromatic heterocycles. The summed E-state index contributed by atoms with van der Waals surface area (Å²) in [5.41, 5.74) is 3.47. The average Bonchev–Trinajstić information content (AvgIpc) is 3.11. The summed E-state index contributed by atoms with van der Waals surface area (Å²) in [7, 11) is 0. The second kappa shape index (κ2) is 10.6. The van der Waals surface area contributed by atoms with Crippen LogP contribution >= 0.6 is 0 Å². The highest BCUT2D eigenvalue weighted by Gasteiger charge is 2.10. The molecule has 0 radical (unpaired) electrons. The van der Waals surface area contributed by atoms with Gasteiger partial charge in [-0.2, -0.15) is 5.26 Å². The van der Waals surface area contributed by atoms with E-state index in [0.717, 1.165) is 22.1 Å². The predicted octanol–water partition coefficient (Wildman–Crippen LogP) is 10.6. The highest BCUT2D eigenvalue weighted by atomic mass is 14.9. The molecule has 0 atom stereocenters. The molecule has 204 valence electrons. The maximum Gasteiger partial charge on any atom is 0.159 e. The third kappa shape index (κ3) is 4.29. The summed E-state index contributed by atoms with van der Waals surface area (Å²) >= 11 is 0. The predicted molar refractivity (Wildman–Crippen MR) is 183 cm³/mol. The number of benzene rings is 6. The quantitative estimate of drug-likeness (QED) is 0.212. The monoisotopic (exact) mass is 559 g/mol. The van der Waals surface area contributed by atoms with Crippen LogP contribution in [0.15, 0.2) is 152 Å². The molecule has 0 fully saturated rings. The Labute approximate surface area is 254 Å². The van der Waals surface area contributed by atoms with E-state index in [4.69, 9.17) is 15.2 Å². The van der Waals surface area contributed by atoms with Crippen molar-refractivity contribution in [3.8, 4) is 28.6 Å². The maximum absolute atomic E-state index is 9.14. The van der Waals surface area contributed by atoms with Crippen molar-refractivity contribution in [1.82, 2.24) is 9.97 Å². The van der Waals surface area contributed by atoms with Crippen LogP contribution in [0.2, 0.25) is 0 Å². The zero-order valence-corrected chi connectivity index (χ0v) is 23.8. The van der Waals surface area contributed by atoms with E-state index in [9.17, 15) is 0 Å². The van der Waals surface area contributed by atoms with Crippen molar-refractivity contribution in [3.05, 3.63) is 157 Å². The van der Waals surface area contributed by atoms with Crippen molar-refractivity contribution in [2.75, 3.05) is 0 Å². The molecule has 0 saturated heterocycles. The summed E-state index contributed by atoms with van der Waals surface area (Å²) in [6.45, 7) is 0. The normalized spacial score (nSPS) is 11.2. The van der Waals surface area contributed by atoms with E-state index in [1.807, 2.05) is 36.7 Å². The molecule has 0 aliphatic carbocycles. The highest BCUT2D eigenvalue weighted by molar-refractivity contribution is 6.26. The van der Waals surface area contributed by atoms with E-state index in [0.29, 0.717) is 11.4 Å². The molecule has 0 saturated carbocycles. The van der Waals surface area contributed by atoms with Gasteiger partial charge in [-0.1, -0.05) is 121 Å². The third-order valence-electron chi connectivity index (χ3n) is 8.44. The van der Waals surface area contributed by atoms with Crippen LogP contribution in [0.1, 0.15) is 5.56 Å². The summed E-state index contributed by atoms with van der Waals surface area (Å²) in [6.07, 6.45) is 3.71. The Morgan fingerprint density at radius 1 is 0.364 bits per heavy atom. The largest absolute Gasteiger partial charge is 0.236 e. The van der Waals surface area contributed by atoms with Gasteiger partial charge < -0.3 is 0 Å². The van der Waals surface area contributed by atoms with Gasteiger partial charge in [-0.25, -0.2) is 9.97 Å². The lowest BCUT2D eigenvalue weighted by Gasteiger charge is -2.11. The van der Waals surface area contributed by atoms with E-state index in [1.165, 1.54) is 48.5 Å². The summed E-state index contributed by atoms with van der Waals surface area (Å²) in [4.78, 5) is 9.56. The van der Waals surface area contributed by atoms with Crippen molar-refractivity contribution in [1.29, 1.82) is 5.26 Å². The fraction of sp³-hybridized carbons (Fsp3) is 0. The van der Waals surface area contributed by atoms with Crippen LogP contribution < -0.4 is 0 Å². The van der Waals surface area contributed by atoms with Crippen LogP contribution in [0.3, 0.4) is 0 Å². The smallest absolute Gasteiger partial charge is 0.159 e. The molecule has 0 bridgehead atoms. The summed E-state index contributed by atoms with van der Waals surface area (Å²) in [5, 5.41) is 21.0.